The zero-order valence-corrected chi connectivity index (χ0v) is 16.0. The van der Waals surface area contributed by atoms with Crippen LogP contribution in [0.1, 0.15) is 0 Å². The van der Waals surface area contributed by atoms with Crippen LogP contribution in [0, 0.1) is 0 Å². The molecule has 0 bridgehead atoms. The quantitative estimate of drug-likeness (QED) is 0.211. The summed E-state index contributed by atoms with van der Waals surface area (Å²) in [4.78, 5) is 19.5. The van der Waals surface area contributed by atoms with Gasteiger partial charge in [0.1, 0.15) is 0 Å². The number of carbonyl (C=O) groups is 2. The van der Waals surface area contributed by atoms with E-state index in [1.165, 1.54) is 0 Å². The summed E-state index contributed by atoms with van der Waals surface area (Å²) in [6, 6.07) is 0. The van der Waals surface area contributed by atoms with Gasteiger partial charge >= 0.3 is 92.9 Å². The molecular weight excluding hydrogens is 361 g/mol. The van der Waals surface area contributed by atoms with Gasteiger partial charge in [0.25, 0.3) is 0 Å². The minimum Gasteiger partial charge on any atom is -0.759 e. The van der Waals surface area contributed by atoms with Crippen molar-refractivity contribution in [2.75, 3.05) is 0 Å². The Hall–Kier alpha value is 1.86. The van der Waals surface area contributed by atoms with Crippen molar-refractivity contribution in [2.45, 2.75) is 12.2 Å². The second kappa shape index (κ2) is 15.3. The third-order valence-corrected chi connectivity index (χ3v) is 0.805. The Bertz CT molecular complexity index is 307. The van der Waals surface area contributed by atoms with Gasteiger partial charge < -0.3 is 29.5 Å². The first-order valence-corrected chi connectivity index (χ1v) is 4.28. The number of aliphatic hydroxyl groups is 2. The van der Waals surface area contributed by atoms with E-state index in [9.17, 15) is 9.59 Å². The minimum atomic E-state index is -5.17. The molecule has 14 heteroatoms. The van der Waals surface area contributed by atoms with Gasteiger partial charge in [-0.15, -0.1) is 0 Å². The summed E-state index contributed by atoms with van der Waals surface area (Å²) in [6.45, 7) is 0. The number of rotatable bonds is 3. The molecule has 0 saturated heterocycles. The van der Waals surface area contributed by atoms with E-state index < -0.39 is 34.5 Å². The first kappa shape index (κ1) is 32.0. The summed E-state index contributed by atoms with van der Waals surface area (Å²) in [5.41, 5.74) is 0. The van der Waals surface area contributed by atoms with E-state index in [0.29, 0.717) is 0 Å². The minimum absolute atomic E-state index is 0. The Kier molecular flexibility index (Phi) is 27.1. The molecule has 0 aromatic heterocycles. The number of hydrogen-bond donors (Lipinski definition) is 4. The van der Waals surface area contributed by atoms with Crippen molar-refractivity contribution < 1.29 is 145 Å². The van der Waals surface area contributed by atoms with Gasteiger partial charge in [-0.05, 0) is 0 Å². The number of hydrogen-bond acceptors (Lipinski definition) is 8. The van der Waals surface area contributed by atoms with Crippen LogP contribution in [0.25, 0.3) is 0 Å². The molecule has 0 radical (unpaired) electrons. The summed E-state index contributed by atoms with van der Waals surface area (Å²) in [6.07, 6.45) is -4.53. The zero-order chi connectivity index (χ0) is 12.8. The fourth-order valence-corrected chi connectivity index (χ4v) is 0.270. The molecule has 0 rings (SSSR count). The SMILES string of the molecule is O=C(O)C(O)C(O)C(=O)O.O=S(=O)([O-])[O-].[K+].[Na+].[Ni]. The standard InChI is InChI=1S/C4H6O6.K.Na.Ni.H2O4S/c5-1(3(7)8)2(6)4(9)10;;;;1-5(2,3)4/h1-2,5-6H,(H,7,8)(H,9,10);;;;(H2,1,2,3,4)/q;2*+1;;/p-2. The maximum absolute atomic E-state index is 9.77. The normalized spacial score (nSPS) is 12.0. The van der Waals surface area contributed by atoms with E-state index in [0.717, 1.165) is 0 Å². The van der Waals surface area contributed by atoms with Crippen LogP contribution in [-0.2, 0) is 36.5 Å². The van der Waals surface area contributed by atoms with Crippen LogP contribution >= 0.6 is 0 Å². The molecule has 0 aliphatic rings. The van der Waals surface area contributed by atoms with Crippen LogP contribution < -0.4 is 80.9 Å². The van der Waals surface area contributed by atoms with Crippen molar-refractivity contribution in [3.05, 3.63) is 0 Å². The zero-order valence-electron chi connectivity index (χ0n) is 9.12. The molecule has 0 saturated carbocycles. The van der Waals surface area contributed by atoms with Crippen molar-refractivity contribution in [1.82, 2.24) is 0 Å². The molecule has 100 valence electrons. The summed E-state index contributed by atoms with van der Waals surface area (Å²) < 4.78 is 34.1. The maximum Gasteiger partial charge on any atom is 1.00 e. The predicted molar refractivity (Wildman–Crippen MR) is 37.8 cm³/mol. The molecule has 0 aliphatic heterocycles. The van der Waals surface area contributed by atoms with Gasteiger partial charge in [0, 0.05) is 26.9 Å². The molecule has 2 atom stereocenters. The van der Waals surface area contributed by atoms with Gasteiger partial charge in [-0.25, -0.2) is 9.59 Å². The molecular formula is C4H6KNaNiO10S. The first-order valence-electron chi connectivity index (χ1n) is 2.95. The van der Waals surface area contributed by atoms with Crippen molar-refractivity contribution >= 4 is 22.3 Å². The molecule has 0 aromatic rings. The Morgan fingerprint density at radius 2 is 1.06 bits per heavy atom. The molecule has 0 fully saturated rings. The van der Waals surface area contributed by atoms with Gasteiger partial charge in [-0.1, -0.05) is 0 Å². The van der Waals surface area contributed by atoms with Crippen molar-refractivity contribution in [3.8, 4) is 0 Å². The fraction of sp³-hybridized carbons (Fsp3) is 0.500. The number of carboxylic acids is 2. The van der Waals surface area contributed by atoms with Crippen molar-refractivity contribution in [1.29, 1.82) is 0 Å². The van der Waals surface area contributed by atoms with Crippen LogP contribution in [0.4, 0.5) is 0 Å². The van der Waals surface area contributed by atoms with Gasteiger partial charge in [-0.2, -0.15) is 0 Å². The van der Waals surface area contributed by atoms with E-state index >= 15 is 0 Å². The Balaban J connectivity index is -0.0000000621. The molecule has 0 amide bonds. The molecule has 0 aliphatic carbocycles. The van der Waals surface area contributed by atoms with E-state index in [4.69, 9.17) is 37.9 Å². The van der Waals surface area contributed by atoms with E-state index in [1.54, 1.807) is 0 Å². The van der Waals surface area contributed by atoms with Gasteiger partial charge in [0.05, 0.1) is 0 Å². The molecule has 0 aromatic carbocycles. The van der Waals surface area contributed by atoms with Crippen LogP contribution in [0.3, 0.4) is 0 Å². The molecule has 2 unspecified atom stereocenters. The van der Waals surface area contributed by atoms with Crippen LogP contribution in [0.15, 0.2) is 0 Å². The molecule has 4 N–H and O–H groups in total. The van der Waals surface area contributed by atoms with Crippen LogP contribution in [0.5, 0.6) is 0 Å². The van der Waals surface area contributed by atoms with Crippen LogP contribution in [0.2, 0.25) is 0 Å². The predicted octanol–water partition coefficient (Wildman–Crippen LogP) is -9.46. The summed E-state index contributed by atoms with van der Waals surface area (Å²) >= 11 is 0. The van der Waals surface area contributed by atoms with Crippen molar-refractivity contribution in [3.63, 3.8) is 0 Å². The number of aliphatic hydroxyl groups excluding tert-OH is 2. The molecule has 0 spiro atoms. The topological polar surface area (TPSA) is 195 Å². The monoisotopic (exact) mass is 366 g/mol. The summed E-state index contributed by atoms with van der Waals surface area (Å²) in [5, 5.41) is 32.5. The average Bonchev–Trinajstić information content (AvgIpc) is 1.98. The van der Waals surface area contributed by atoms with Crippen LogP contribution in [-0.4, -0.2) is 62.1 Å². The first-order chi connectivity index (χ1) is 6.46. The van der Waals surface area contributed by atoms with E-state index in [1.807, 2.05) is 0 Å². The summed E-state index contributed by atoms with van der Waals surface area (Å²) in [7, 11) is -5.17. The van der Waals surface area contributed by atoms with Crippen molar-refractivity contribution in [2.24, 2.45) is 0 Å². The van der Waals surface area contributed by atoms with E-state index in [2.05, 4.69) is 0 Å². The number of carboxylic acid groups (broad SMARTS) is 2. The third kappa shape index (κ3) is 26.4. The van der Waals surface area contributed by atoms with Gasteiger partial charge in [-0.3, -0.25) is 8.42 Å². The molecule has 18 heavy (non-hydrogen) atoms. The molecule has 0 heterocycles. The second-order valence-electron chi connectivity index (χ2n) is 1.97. The largest absolute Gasteiger partial charge is 1.00 e. The number of aliphatic carboxylic acids is 2. The second-order valence-corrected chi connectivity index (χ2v) is 2.79. The van der Waals surface area contributed by atoms with Gasteiger partial charge in [0.15, 0.2) is 12.2 Å². The Morgan fingerprint density at radius 3 is 1.11 bits per heavy atom. The third-order valence-electron chi connectivity index (χ3n) is 0.805. The van der Waals surface area contributed by atoms with E-state index in [-0.39, 0.29) is 97.4 Å². The Morgan fingerprint density at radius 1 is 0.944 bits per heavy atom. The van der Waals surface area contributed by atoms with Gasteiger partial charge in [0.2, 0.25) is 0 Å². The maximum atomic E-state index is 9.77. The fourth-order valence-electron chi connectivity index (χ4n) is 0.270. The summed E-state index contributed by atoms with van der Waals surface area (Å²) in [5.74, 6) is -3.54. The molecule has 10 nitrogen and oxygen atoms in total. The smallest absolute Gasteiger partial charge is 0.759 e. The average molecular weight is 367 g/mol. The Labute approximate surface area is 176 Å².